The van der Waals surface area contributed by atoms with Crippen LogP contribution in [0.15, 0.2) is 47.7 Å². The number of anilines is 1. The quantitative estimate of drug-likeness (QED) is 0.757. The highest BCUT2D eigenvalue weighted by Gasteiger charge is 2.03. The Kier molecular flexibility index (Phi) is 2.87. The average Bonchev–Trinajstić information content (AvgIpc) is 2.92. The summed E-state index contributed by atoms with van der Waals surface area (Å²) in [6.45, 7) is 0.792. The van der Waals surface area contributed by atoms with Crippen LogP contribution >= 0.6 is 0 Å². The van der Waals surface area contributed by atoms with Crippen molar-refractivity contribution in [2.75, 3.05) is 11.9 Å². The van der Waals surface area contributed by atoms with E-state index in [2.05, 4.69) is 20.3 Å². The summed E-state index contributed by atoms with van der Waals surface area (Å²) >= 11 is 0. The van der Waals surface area contributed by atoms with Crippen LogP contribution < -0.4 is 5.32 Å². The first-order chi connectivity index (χ1) is 8.93. The van der Waals surface area contributed by atoms with Crippen molar-refractivity contribution in [3.8, 4) is 0 Å². The Morgan fingerprint density at radius 2 is 2.17 bits per heavy atom. The van der Waals surface area contributed by atoms with Gasteiger partial charge in [-0.2, -0.15) is 0 Å². The number of rotatable bonds is 4. The zero-order chi connectivity index (χ0) is 12.2. The predicted molar refractivity (Wildman–Crippen MR) is 68.2 cm³/mol. The topological polar surface area (TPSA) is 63.8 Å². The standard InChI is InChI=1S/C13H12N4O/c1-2-11-12(14-5-1)16-9-17-13(11)15-6-3-10-4-7-18-8-10/h1-2,4-5,7-9H,3,6H2,(H,14,15,16,17). The lowest BCUT2D eigenvalue weighted by atomic mass is 10.2. The van der Waals surface area contributed by atoms with Crippen molar-refractivity contribution < 1.29 is 4.42 Å². The van der Waals surface area contributed by atoms with E-state index in [0.717, 1.165) is 24.2 Å². The Morgan fingerprint density at radius 3 is 3.06 bits per heavy atom. The fraction of sp³-hybridized carbons (Fsp3) is 0.154. The van der Waals surface area contributed by atoms with E-state index in [0.29, 0.717) is 5.65 Å². The fourth-order valence-electron chi connectivity index (χ4n) is 1.80. The maximum atomic E-state index is 5.02. The number of hydrogen-bond donors (Lipinski definition) is 1. The highest BCUT2D eigenvalue weighted by molar-refractivity contribution is 5.85. The number of hydrogen-bond acceptors (Lipinski definition) is 5. The summed E-state index contributed by atoms with van der Waals surface area (Å²) in [5, 5.41) is 4.23. The van der Waals surface area contributed by atoms with Crippen LogP contribution in [0.3, 0.4) is 0 Å². The second-order valence-electron chi connectivity index (χ2n) is 3.91. The van der Waals surface area contributed by atoms with Gasteiger partial charge in [-0.15, -0.1) is 0 Å². The minimum absolute atomic E-state index is 0.707. The van der Waals surface area contributed by atoms with Crippen LogP contribution in [0.25, 0.3) is 11.0 Å². The van der Waals surface area contributed by atoms with Gasteiger partial charge < -0.3 is 9.73 Å². The Labute approximate surface area is 104 Å². The lowest BCUT2D eigenvalue weighted by Crippen LogP contribution is -2.06. The molecule has 18 heavy (non-hydrogen) atoms. The molecule has 3 aromatic rings. The zero-order valence-electron chi connectivity index (χ0n) is 9.71. The SMILES string of the molecule is c1cnc2ncnc(NCCc3ccoc3)c2c1. The van der Waals surface area contributed by atoms with Crippen molar-refractivity contribution in [2.45, 2.75) is 6.42 Å². The average molecular weight is 240 g/mol. The monoisotopic (exact) mass is 240 g/mol. The molecule has 5 heteroatoms. The first-order valence-corrected chi connectivity index (χ1v) is 5.74. The van der Waals surface area contributed by atoms with Crippen molar-refractivity contribution in [2.24, 2.45) is 0 Å². The summed E-state index contributed by atoms with van der Waals surface area (Å²) in [6.07, 6.45) is 7.57. The number of furan rings is 1. The molecule has 0 radical (unpaired) electrons. The molecule has 0 atom stereocenters. The van der Waals surface area contributed by atoms with E-state index in [-0.39, 0.29) is 0 Å². The smallest absolute Gasteiger partial charge is 0.164 e. The third kappa shape index (κ3) is 2.15. The largest absolute Gasteiger partial charge is 0.472 e. The molecule has 0 aromatic carbocycles. The molecule has 0 bridgehead atoms. The maximum Gasteiger partial charge on any atom is 0.164 e. The Morgan fingerprint density at radius 1 is 1.17 bits per heavy atom. The van der Waals surface area contributed by atoms with Crippen molar-refractivity contribution in [3.63, 3.8) is 0 Å². The maximum absolute atomic E-state index is 5.02. The number of aromatic nitrogens is 3. The molecule has 3 rings (SSSR count). The first-order valence-electron chi connectivity index (χ1n) is 5.74. The fourth-order valence-corrected chi connectivity index (χ4v) is 1.80. The van der Waals surface area contributed by atoms with E-state index < -0.39 is 0 Å². The van der Waals surface area contributed by atoms with E-state index in [1.54, 1.807) is 18.7 Å². The van der Waals surface area contributed by atoms with Gasteiger partial charge in [0.25, 0.3) is 0 Å². The molecule has 0 saturated heterocycles. The Hall–Kier alpha value is -2.43. The molecule has 0 unspecified atom stereocenters. The van der Waals surface area contributed by atoms with Gasteiger partial charge in [-0.25, -0.2) is 15.0 Å². The third-order valence-electron chi connectivity index (χ3n) is 2.69. The molecular weight excluding hydrogens is 228 g/mol. The van der Waals surface area contributed by atoms with Crippen LogP contribution in [0.1, 0.15) is 5.56 Å². The summed E-state index contributed by atoms with van der Waals surface area (Å²) in [5.74, 6) is 0.816. The van der Waals surface area contributed by atoms with Gasteiger partial charge >= 0.3 is 0 Å². The van der Waals surface area contributed by atoms with Crippen LogP contribution in [-0.4, -0.2) is 21.5 Å². The minimum Gasteiger partial charge on any atom is -0.472 e. The number of fused-ring (bicyclic) bond motifs is 1. The molecule has 90 valence electrons. The van der Waals surface area contributed by atoms with Crippen LogP contribution in [0.4, 0.5) is 5.82 Å². The normalized spacial score (nSPS) is 10.7. The van der Waals surface area contributed by atoms with Gasteiger partial charge in [0.2, 0.25) is 0 Å². The zero-order valence-corrected chi connectivity index (χ0v) is 9.71. The Balaban J connectivity index is 1.74. The van der Waals surface area contributed by atoms with Crippen molar-refractivity contribution >= 4 is 16.9 Å². The van der Waals surface area contributed by atoms with Crippen molar-refractivity contribution in [3.05, 3.63) is 48.8 Å². The van der Waals surface area contributed by atoms with Gasteiger partial charge in [-0.1, -0.05) is 0 Å². The van der Waals surface area contributed by atoms with E-state index in [4.69, 9.17) is 4.42 Å². The molecular formula is C13H12N4O. The molecule has 0 saturated carbocycles. The first kappa shape index (κ1) is 10.7. The molecule has 0 aliphatic rings. The minimum atomic E-state index is 0.707. The summed E-state index contributed by atoms with van der Waals surface area (Å²) < 4.78 is 5.02. The second kappa shape index (κ2) is 4.83. The van der Waals surface area contributed by atoms with E-state index in [1.807, 2.05) is 18.2 Å². The van der Waals surface area contributed by atoms with E-state index in [1.165, 1.54) is 11.9 Å². The van der Waals surface area contributed by atoms with Gasteiger partial charge in [0.1, 0.15) is 12.1 Å². The van der Waals surface area contributed by atoms with Gasteiger partial charge in [-0.3, -0.25) is 0 Å². The number of pyridine rings is 1. The molecule has 0 aliphatic carbocycles. The predicted octanol–water partition coefficient (Wildman–Crippen LogP) is 2.27. The van der Waals surface area contributed by atoms with E-state index >= 15 is 0 Å². The Bertz CT molecular complexity index is 631. The third-order valence-corrected chi connectivity index (χ3v) is 2.69. The van der Waals surface area contributed by atoms with Gasteiger partial charge in [-0.05, 0) is 30.2 Å². The van der Waals surface area contributed by atoms with Crippen LogP contribution in [0, 0.1) is 0 Å². The molecule has 0 aliphatic heterocycles. The van der Waals surface area contributed by atoms with Crippen LogP contribution in [-0.2, 0) is 6.42 Å². The number of nitrogens with one attached hydrogen (secondary N) is 1. The lowest BCUT2D eigenvalue weighted by Gasteiger charge is -2.06. The second-order valence-corrected chi connectivity index (χ2v) is 3.91. The lowest BCUT2D eigenvalue weighted by molar-refractivity contribution is 0.564. The molecule has 1 N–H and O–H groups in total. The molecule has 5 nitrogen and oxygen atoms in total. The highest BCUT2D eigenvalue weighted by atomic mass is 16.3. The van der Waals surface area contributed by atoms with Crippen molar-refractivity contribution in [1.29, 1.82) is 0 Å². The highest BCUT2D eigenvalue weighted by Crippen LogP contribution is 2.16. The molecule has 0 fully saturated rings. The van der Waals surface area contributed by atoms with Gasteiger partial charge in [0.05, 0.1) is 17.9 Å². The van der Waals surface area contributed by atoms with Crippen LogP contribution in [0.5, 0.6) is 0 Å². The number of nitrogens with zero attached hydrogens (tertiary/aromatic N) is 3. The van der Waals surface area contributed by atoms with Crippen molar-refractivity contribution in [1.82, 2.24) is 15.0 Å². The van der Waals surface area contributed by atoms with Crippen LogP contribution in [0.2, 0.25) is 0 Å². The summed E-state index contributed by atoms with van der Waals surface area (Å²) in [6, 6.07) is 5.80. The molecule has 0 spiro atoms. The van der Waals surface area contributed by atoms with Gasteiger partial charge in [0.15, 0.2) is 5.65 Å². The van der Waals surface area contributed by atoms with Gasteiger partial charge in [0, 0.05) is 12.7 Å². The molecule has 3 aromatic heterocycles. The molecule has 3 heterocycles. The summed E-state index contributed by atoms with van der Waals surface area (Å²) in [4.78, 5) is 12.6. The molecule has 0 amide bonds. The van der Waals surface area contributed by atoms with E-state index in [9.17, 15) is 0 Å². The summed E-state index contributed by atoms with van der Waals surface area (Å²) in [5.41, 5.74) is 1.87. The summed E-state index contributed by atoms with van der Waals surface area (Å²) in [7, 11) is 0.